The molecule has 100 valence electrons. The summed E-state index contributed by atoms with van der Waals surface area (Å²) < 4.78 is 2.38. The lowest BCUT2D eigenvalue weighted by molar-refractivity contribution is 0.347. The second-order valence-corrected chi connectivity index (χ2v) is 6.67. The maximum absolute atomic E-state index is 4.54. The Hall–Kier alpha value is -0.990. The van der Waals surface area contributed by atoms with Crippen LogP contribution in [0.15, 0.2) is 12.4 Å². The SMILES string of the molecule is CC1(C)CCCC1Nc1nccn1C1CCCC1. The Balaban J connectivity index is 1.75. The summed E-state index contributed by atoms with van der Waals surface area (Å²) in [4.78, 5) is 4.54. The van der Waals surface area contributed by atoms with Gasteiger partial charge in [-0.15, -0.1) is 0 Å². The van der Waals surface area contributed by atoms with Gasteiger partial charge in [-0.1, -0.05) is 33.1 Å². The molecule has 2 saturated carbocycles. The van der Waals surface area contributed by atoms with Crippen molar-refractivity contribution in [3.05, 3.63) is 12.4 Å². The zero-order chi connectivity index (χ0) is 12.6. The van der Waals surface area contributed by atoms with Gasteiger partial charge >= 0.3 is 0 Å². The van der Waals surface area contributed by atoms with Gasteiger partial charge in [0.1, 0.15) is 0 Å². The fourth-order valence-electron chi connectivity index (χ4n) is 3.65. The molecule has 0 aliphatic heterocycles. The number of anilines is 1. The Morgan fingerprint density at radius 1 is 1.22 bits per heavy atom. The van der Waals surface area contributed by atoms with Crippen molar-refractivity contribution in [2.45, 2.75) is 70.9 Å². The van der Waals surface area contributed by atoms with E-state index >= 15 is 0 Å². The smallest absolute Gasteiger partial charge is 0.203 e. The van der Waals surface area contributed by atoms with Crippen molar-refractivity contribution in [3.8, 4) is 0 Å². The Labute approximate surface area is 110 Å². The Bertz CT molecular complexity index is 402. The first kappa shape index (κ1) is 12.1. The van der Waals surface area contributed by atoms with Crippen LogP contribution in [0, 0.1) is 5.41 Å². The van der Waals surface area contributed by atoms with E-state index in [2.05, 4.69) is 34.9 Å². The molecule has 18 heavy (non-hydrogen) atoms. The van der Waals surface area contributed by atoms with Crippen molar-refractivity contribution in [2.75, 3.05) is 5.32 Å². The summed E-state index contributed by atoms with van der Waals surface area (Å²) in [5.41, 5.74) is 0.409. The highest BCUT2D eigenvalue weighted by atomic mass is 15.2. The number of nitrogens with one attached hydrogen (secondary N) is 1. The Morgan fingerprint density at radius 2 is 2.00 bits per heavy atom. The monoisotopic (exact) mass is 247 g/mol. The van der Waals surface area contributed by atoms with Crippen molar-refractivity contribution in [1.82, 2.24) is 9.55 Å². The lowest BCUT2D eigenvalue weighted by Gasteiger charge is -2.29. The maximum atomic E-state index is 4.54. The van der Waals surface area contributed by atoms with Gasteiger partial charge < -0.3 is 9.88 Å². The van der Waals surface area contributed by atoms with Crippen LogP contribution in [0.2, 0.25) is 0 Å². The molecule has 1 N–H and O–H groups in total. The molecular formula is C15H25N3. The highest BCUT2D eigenvalue weighted by Gasteiger charge is 2.35. The number of aromatic nitrogens is 2. The van der Waals surface area contributed by atoms with Crippen molar-refractivity contribution in [3.63, 3.8) is 0 Å². The standard InChI is InChI=1S/C15H25N3/c1-15(2)9-5-8-13(15)17-14-16-10-11-18(14)12-6-3-4-7-12/h10-13H,3-9H2,1-2H3,(H,16,17). The molecule has 0 amide bonds. The van der Waals surface area contributed by atoms with Gasteiger partial charge in [-0.3, -0.25) is 0 Å². The van der Waals surface area contributed by atoms with Crippen LogP contribution >= 0.6 is 0 Å². The molecule has 1 aromatic rings. The van der Waals surface area contributed by atoms with Gasteiger partial charge in [0, 0.05) is 24.5 Å². The van der Waals surface area contributed by atoms with E-state index in [1.54, 1.807) is 0 Å². The molecule has 0 saturated heterocycles. The summed E-state index contributed by atoms with van der Waals surface area (Å²) in [7, 11) is 0. The van der Waals surface area contributed by atoms with Gasteiger partial charge in [0.15, 0.2) is 0 Å². The Kier molecular flexibility index (Phi) is 3.08. The van der Waals surface area contributed by atoms with Gasteiger partial charge in [0.25, 0.3) is 0 Å². The van der Waals surface area contributed by atoms with Crippen LogP contribution in [0.3, 0.4) is 0 Å². The number of hydrogen-bond donors (Lipinski definition) is 1. The summed E-state index contributed by atoms with van der Waals surface area (Å²) in [6.45, 7) is 4.75. The number of nitrogens with zero attached hydrogens (tertiary/aromatic N) is 2. The van der Waals surface area contributed by atoms with E-state index in [0.29, 0.717) is 17.5 Å². The minimum atomic E-state index is 0.409. The first-order valence-electron chi connectivity index (χ1n) is 7.46. The van der Waals surface area contributed by atoms with Gasteiger partial charge in [-0.2, -0.15) is 0 Å². The van der Waals surface area contributed by atoms with Crippen molar-refractivity contribution >= 4 is 5.95 Å². The lowest BCUT2D eigenvalue weighted by Crippen LogP contribution is -2.32. The van der Waals surface area contributed by atoms with Crippen molar-refractivity contribution < 1.29 is 0 Å². The zero-order valence-electron chi connectivity index (χ0n) is 11.7. The zero-order valence-corrected chi connectivity index (χ0v) is 11.7. The third-order valence-electron chi connectivity index (χ3n) is 4.95. The number of imidazole rings is 1. The second-order valence-electron chi connectivity index (χ2n) is 6.67. The van der Waals surface area contributed by atoms with Crippen LogP contribution in [0.1, 0.15) is 64.8 Å². The molecule has 3 heteroatoms. The highest BCUT2D eigenvalue weighted by Crippen LogP contribution is 2.39. The molecule has 0 bridgehead atoms. The summed E-state index contributed by atoms with van der Waals surface area (Å²) in [5.74, 6) is 1.10. The molecule has 0 radical (unpaired) electrons. The first-order valence-corrected chi connectivity index (χ1v) is 7.46. The predicted molar refractivity (Wildman–Crippen MR) is 74.8 cm³/mol. The van der Waals surface area contributed by atoms with E-state index in [4.69, 9.17) is 0 Å². The first-order chi connectivity index (χ1) is 8.67. The third kappa shape index (κ3) is 2.15. The van der Waals surface area contributed by atoms with E-state index in [-0.39, 0.29) is 0 Å². The van der Waals surface area contributed by atoms with Gasteiger partial charge in [-0.25, -0.2) is 4.98 Å². The molecule has 3 nitrogen and oxygen atoms in total. The molecule has 2 aliphatic rings. The molecule has 0 aromatic carbocycles. The molecule has 2 fully saturated rings. The Morgan fingerprint density at radius 3 is 2.67 bits per heavy atom. The lowest BCUT2D eigenvalue weighted by atomic mass is 9.87. The second kappa shape index (κ2) is 4.60. The largest absolute Gasteiger partial charge is 0.352 e. The summed E-state index contributed by atoms with van der Waals surface area (Å²) >= 11 is 0. The van der Waals surface area contributed by atoms with Gasteiger partial charge in [0.2, 0.25) is 5.95 Å². The fraction of sp³-hybridized carbons (Fsp3) is 0.800. The average molecular weight is 247 g/mol. The number of hydrogen-bond acceptors (Lipinski definition) is 2. The summed E-state index contributed by atoms with van der Waals surface area (Å²) in [6.07, 6.45) is 13.4. The van der Waals surface area contributed by atoms with Crippen LogP contribution in [-0.4, -0.2) is 15.6 Å². The minimum Gasteiger partial charge on any atom is -0.352 e. The molecule has 1 heterocycles. The summed E-state index contributed by atoms with van der Waals surface area (Å²) in [6, 6.07) is 1.26. The molecule has 1 atom stereocenters. The molecule has 2 aliphatic carbocycles. The summed E-state index contributed by atoms with van der Waals surface area (Å²) in [5, 5.41) is 3.71. The van der Waals surface area contributed by atoms with Crippen LogP contribution in [-0.2, 0) is 0 Å². The topological polar surface area (TPSA) is 29.9 Å². The van der Waals surface area contributed by atoms with E-state index in [0.717, 1.165) is 5.95 Å². The number of rotatable bonds is 3. The van der Waals surface area contributed by atoms with Crippen molar-refractivity contribution in [1.29, 1.82) is 0 Å². The molecule has 0 spiro atoms. The average Bonchev–Trinajstić information content (AvgIpc) is 3.01. The third-order valence-corrected chi connectivity index (χ3v) is 4.95. The normalized spacial score (nSPS) is 27.8. The molecule has 1 aromatic heterocycles. The van der Waals surface area contributed by atoms with Gasteiger partial charge in [-0.05, 0) is 31.1 Å². The molecule has 3 rings (SSSR count). The van der Waals surface area contributed by atoms with Crippen LogP contribution < -0.4 is 5.32 Å². The fourth-order valence-corrected chi connectivity index (χ4v) is 3.65. The minimum absolute atomic E-state index is 0.409. The van der Waals surface area contributed by atoms with E-state index in [1.807, 2.05) is 6.20 Å². The van der Waals surface area contributed by atoms with E-state index < -0.39 is 0 Å². The predicted octanol–water partition coefficient (Wildman–Crippen LogP) is 3.99. The molecule has 1 unspecified atom stereocenters. The van der Waals surface area contributed by atoms with Crippen molar-refractivity contribution in [2.24, 2.45) is 5.41 Å². The van der Waals surface area contributed by atoms with Crippen LogP contribution in [0.25, 0.3) is 0 Å². The molecular weight excluding hydrogens is 222 g/mol. The quantitative estimate of drug-likeness (QED) is 0.875. The van der Waals surface area contributed by atoms with Crippen LogP contribution in [0.5, 0.6) is 0 Å². The van der Waals surface area contributed by atoms with Crippen LogP contribution in [0.4, 0.5) is 5.95 Å². The van der Waals surface area contributed by atoms with E-state index in [1.165, 1.54) is 44.9 Å². The van der Waals surface area contributed by atoms with E-state index in [9.17, 15) is 0 Å². The highest BCUT2D eigenvalue weighted by molar-refractivity contribution is 5.30. The maximum Gasteiger partial charge on any atom is 0.203 e. The van der Waals surface area contributed by atoms with Gasteiger partial charge in [0.05, 0.1) is 0 Å².